The van der Waals surface area contributed by atoms with Gasteiger partial charge >= 0.3 is 5.97 Å². The summed E-state index contributed by atoms with van der Waals surface area (Å²) in [5.74, 6) is -2.07. The fourth-order valence-corrected chi connectivity index (χ4v) is 1.92. The quantitative estimate of drug-likeness (QED) is 0.895. The Hall–Kier alpha value is -2.07. The van der Waals surface area contributed by atoms with Gasteiger partial charge in [0.1, 0.15) is 11.4 Å². The van der Waals surface area contributed by atoms with E-state index in [2.05, 4.69) is 5.32 Å². The maximum absolute atomic E-state index is 13.5. The van der Waals surface area contributed by atoms with E-state index in [1.54, 1.807) is 12.1 Å². The lowest BCUT2D eigenvalue weighted by atomic mass is 10.1. The molecule has 0 atom stereocenters. The second-order valence-corrected chi connectivity index (χ2v) is 4.32. The zero-order valence-electron chi connectivity index (χ0n) is 9.86. The van der Waals surface area contributed by atoms with E-state index in [9.17, 15) is 9.18 Å². The van der Waals surface area contributed by atoms with Crippen molar-refractivity contribution in [3.8, 4) is 0 Å². The van der Waals surface area contributed by atoms with Crippen molar-refractivity contribution in [2.75, 3.05) is 5.32 Å². The first-order valence-electron chi connectivity index (χ1n) is 5.58. The Kier molecular flexibility index (Phi) is 4.02. The summed E-state index contributed by atoms with van der Waals surface area (Å²) in [5, 5.41) is 12.5. The summed E-state index contributed by atoms with van der Waals surface area (Å²) in [4.78, 5) is 11.0. The Morgan fingerprint density at radius 1 is 1.21 bits per heavy atom. The minimum atomic E-state index is -1.31. The predicted molar refractivity (Wildman–Crippen MR) is 72.1 cm³/mol. The molecule has 0 aliphatic carbocycles. The highest BCUT2D eigenvalue weighted by molar-refractivity contribution is 6.31. The Labute approximate surface area is 114 Å². The lowest BCUT2D eigenvalue weighted by molar-refractivity contribution is 0.0693. The van der Waals surface area contributed by atoms with Crippen LogP contribution in [0.4, 0.5) is 10.1 Å². The van der Waals surface area contributed by atoms with E-state index < -0.39 is 11.8 Å². The number of hydrogen-bond donors (Lipinski definition) is 2. The smallest absolute Gasteiger partial charge is 0.340 e. The molecule has 0 saturated carbocycles. The van der Waals surface area contributed by atoms with E-state index in [1.807, 2.05) is 12.1 Å². The molecule has 0 aromatic heterocycles. The Morgan fingerprint density at radius 2 is 1.95 bits per heavy atom. The third-order valence-corrected chi connectivity index (χ3v) is 3.02. The number of nitrogens with one attached hydrogen (secondary N) is 1. The first kappa shape index (κ1) is 13.4. The van der Waals surface area contributed by atoms with E-state index >= 15 is 0 Å². The Morgan fingerprint density at radius 3 is 2.63 bits per heavy atom. The van der Waals surface area contributed by atoms with Gasteiger partial charge in [0.15, 0.2) is 0 Å². The Balaban J connectivity index is 2.23. The molecule has 0 aliphatic heterocycles. The van der Waals surface area contributed by atoms with Crippen molar-refractivity contribution >= 4 is 23.3 Å². The third-order valence-electron chi connectivity index (χ3n) is 2.65. The predicted octanol–water partition coefficient (Wildman–Crippen LogP) is 3.79. The molecular formula is C14H11ClFNO2. The van der Waals surface area contributed by atoms with Crippen LogP contribution in [0.2, 0.25) is 5.02 Å². The second-order valence-electron chi connectivity index (χ2n) is 3.91. The molecule has 5 heteroatoms. The fraction of sp³-hybridized carbons (Fsp3) is 0.0714. The van der Waals surface area contributed by atoms with Gasteiger partial charge in [-0.05, 0) is 23.8 Å². The molecule has 2 N–H and O–H groups in total. The van der Waals surface area contributed by atoms with Gasteiger partial charge in [0.05, 0.1) is 5.69 Å². The van der Waals surface area contributed by atoms with Gasteiger partial charge in [-0.25, -0.2) is 9.18 Å². The van der Waals surface area contributed by atoms with Crippen LogP contribution in [0.1, 0.15) is 15.9 Å². The normalized spacial score (nSPS) is 10.2. The van der Waals surface area contributed by atoms with E-state index in [4.69, 9.17) is 16.7 Å². The van der Waals surface area contributed by atoms with Gasteiger partial charge < -0.3 is 10.4 Å². The van der Waals surface area contributed by atoms with Crippen molar-refractivity contribution in [2.24, 2.45) is 0 Å². The van der Waals surface area contributed by atoms with E-state index in [1.165, 1.54) is 12.1 Å². The van der Waals surface area contributed by atoms with Crippen LogP contribution in [0, 0.1) is 5.82 Å². The minimum absolute atomic E-state index is 0.229. The maximum atomic E-state index is 13.5. The zero-order chi connectivity index (χ0) is 13.8. The van der Waals surface area contributed by atoms with Crippen LogP contribution in [0.5, 0.6) is 0 Å². The lowest BCUT2D eigenvalue weighted by Gasteiger charge is -2.11. The van der Waals surface area contributed by atoms with Gasteiger partial charge in [-0.2, -0.15) is 0 Å². The summed E-state index contributed by atoms with van der Waals surface area (Å²) in [6.45, 7) is 0.323. The molecular weight excluding hydrogens is 269 g/mol. The van der Waals surface area contributed by atoms with Gasteiger partial charge in [0.2, 0.25) is 0 Å². The van der Waals surface area contributed by atoms with Crippen LogP contribution < -0.4 is 5.32 Å². The molecule has 0 radical (unpaired) electrons. The molecule has 0 fully saturated rings. The maximum Gasteiger partial charge on any atom is 0.340 e. The number of anilines is 1. The van der Waals surface area contributed by atoms with Crippen molar-refractivity contribution in [3.05, 3.63) is 64.4 Å². The van der Waals surface area contributed by atoms with Gasteiger partial charge in [-0.3, -0.25) is 0 Å². The first-order chi connectivity index (χ1) is 9.09. The molecule has 0 amide bonds. The van der Waals surface area contributed by atoms with Crippen LogP contribution in [-0.2, 0) is 6.54 Å². The SMILES string of the molecule is O=C(O)c1c(F)cccc1NCc1ccccc1Cl. The topological polar surface area (TPSA) is 49.3 Å². The molecule has 0 spiro atoms. The minimum Gasteiger partial charge on any atom is -0.478 e. The average molecular weight is 280 g/mol. The van der Waals surface area contributed by atoms with Gasteiger partial charge in [0.25, 0.3) is 0 Å². The molecule has 2 aromatic rings. The fourth-order valence-electron chi connectivity index (χ4n) is 1.72. The molecule has 2 rings (SSSR count). The van der Waals surface area contributed by atoms with E-state index in [0.717, 1.165) is 11.6 Å². The Bertz CT molecular complexity index is 616. The molecule has 0 saturated heterocycles. The second kappa shape index (κ2) is 5.71. The number of carboxylic acid groups (broad SMARTS) is 1. The van der Waals surface area contributed by atoms with Crippen LogP contribution in [0.15, 0.2) is 42.5 Å². The average Bonchev–Trinajstić information content (AvgIpc) is 2.37. The summed E-state index contributed by atoms with van der Waals surface area (Å²) in [7, 11) is 0. The molecule has 0 unspecified atom stereocenters. The van der Waals surface area contributed by atoms with E-state index in [-0.39, 0.29) is 11.3 Å². The zero-order valence-corrected chi connectivity index (χ0v) is 10.6. The summed E-state index contributed by atoms with van der Waals surface area (Å²) >= 11 is 5.99. The third kappa shape index (κ3) is 3.03. The van der Waals surface area contributed by atoms with E-state index in [0.29, 0.717) is 11.6 Å². The highest BCUT2D eigenvalue weighted by atomic mass is 35.5. The van der Waals surface area contributed by atoms with Crippen LogP contribution >= 0.6 is 11.6 Å². The summed E-state index contributed by atoms with van der Waals surface area (Å²) in [6.07, 6.45) is 0. The van der Waals surface area contributed by atoms with Crippen molar-refractivity contribution in [3.63, 3.8) is 0 Å². The van der Waals surface area contributed by atoms with Crippen molar-refractivity contribution in [2.45, 2.75) is 6.54 Å². The molecule has 3 nitrogen and oxygen atoms in total. The standard InChI is InChI=1S/C14H11ClFNO2/c15-10-5-2-1-4-9(10)8-17-12-7-3-6-11(16)13(12)14(18)19/h1-7,17H,8H2,(H,18,19). The van der Waals surface area contributed by atoms with Gasteiger partial charge in [-0.1, -0.05) is 35.9 Å². The molecule has 0 aliphatic rings. The number of halogens is 2. The number of carbonyl (C=O) groups is 1. The molecule has 19 heavy (non-hydrogen) atoms. The van der Waals surface area contributed by atoms with Gasteiger partial charge in [0, 0.05) is 11.6 Å². The number of hydrogen-bond acceptors (Lipinski definition) is 2. The molecule has 98 valence electrons. The first-order valence-corrected chi connectivity index (χ1v) is 5.96. The molecule has 2 aromatic carbocycles. The summed E-state index contributed by atoms with van der Waals surface area (Å²) < 4.78 is 13.5. The number of carboxylic acids is 1. The molecule has 0 bridgehead atoms. The van der Waals surface area contributed by atoms with Crippen molar-refractivity contribution in [1.29, 1.82) is 0 Å². The highest BCUT2D eigenvalue weighted by Gasteiger charge is 2.15. The van der Waals surface area contributed by atoms with Crippen LogP contribution in [0.25, 0.3) is 0 Å². The van der Waals surface area contributed by atoms with Crippen LogP contribution in [-0.4, -0.2) is 11.1 Å². The summed E-state index contributed by atoms with van der Waals surface area (Å²) in [6, 6.07) is 11.3. The number of rotatable bonds is 4. The lowest BCUT2D eigenvalue weighted by Crippen LogP contribution is -2.08. The summed E-state index contributed by atoms with van der Waals surface area (Å²) in [5.41, 5.74) is 0.673. The molecule has 0 heterocycles. The van der Waals surface area contributed by atoms with Crippen molar-refractivity contribution < 1.29 is 14.3 Å². The number of aromatic carboxylic acids is 1. The highest BCUT2D eigenvalue weighted by Crippen LogP contribution is 2.21. The van der Waals surface area contributed by atoms with Crippen molar-refractivity contribution in [1.82, 2.24) is 0 Å². The monoisotopic (exact) mass is 279 g/mol. The largest absolute Gasteiger partial charge is 0.478 e. The van der Waals surface area contributed by atoms with Crippen LogP contribution in [0.3, 0.4) is 0 Å². The van der Waals surface area contributed by atoms with Gasteiger partial charge in [-0.15, -0.1) is 0 Å². The number of benzene rings is 2.